The second kappa shape index (κ2) is 7.18. The summed E-state index contributed by atoms with van der Waals surface area (Å²) in [7, 11) is 5.11. The highest BCUT2D eigenvalue weighted by Crippen LogP contribution is 2.31. The zero-order valence-corrected chi connectivity index (χ0v) is 14.6. The maximum Gasteiger partial charge on any atom is 0.246 e. The number of benzene rings is 2. The number of aromatic nitrogens is 1. The van der Waals surface area contributed by atoms with E-state index in [0.29, 0.717) is 0 Å². The van der Waals surface area contributed by atoms with Crippen LogP contribution in [0.3, 0.4) is 0 Å². The first kappa shape index (κ1) is 16.7. The summed E-state index contributed by atoms with van der Waals surface area (Å²) in [5, 5.41) is 2.09. The van der Waals surface area contributed by atoms with E-state index in [0.717, 1.165) is 33.3 Å². The van der Waals surface area contributed by atoms with Crippen LogP contribution >= 0.6 is 0 Å². The van der Waals surface area contributed by atoms with E-state index in [1.54, 1.807) is 32.2 Å². The van der Waals surface area contributed by atoms with Gasteiger partial charge >= 0.3 is 0 Å². The molecule has 0 saturated heterocycles. The van der Waals surface area contributed by atoms with E-state index in [4.69, 9.17) is 4.74 Å². The zero-order valence-electron chi connectivity index (χ0n) is 14.6. The standard InChI is InChI=1S/C21H20N2O2/c1-23(2)20(24)12-11-19-18-10-5-4-7-16(18)14-22-21(19)15-8-6-9-17(13-15)25-3/h4-14H,1-3H3/b12-11+. The van der Waals surface area contributed by atoms with Crippen molar-refractivity contribution < 1.29 is 9.53 Å². The van der Waals surface area contributed by atoms with Crippen LogP contribution in [-0.2, 0) is 4.79 Å². The van der Waals surface area contributed by atoms with Gasteiger partial charge in [0.15, 0.2) is 0 Å². The van der Waals surface area contributed by atoms with Gasteiger partial charge in [-0.05, 0) is 23.6 Å². The van der Waals surface area contributed by atoms with Gasteiger partial charge < -0.3 is 9.64 Å². The molecule has 4 nitrogen and oxygen atoms in total. The number of rotatable bonds is 4. The van der Waals surface area contributed by atoms with E-state index in [1.165, 1.54) is 0 Å². The van der Waals surface area contributed by atoms with Crippen molar-refractivity contribution in [1.82, 2.24) is 9.88 Å². The third kappa shape index (κ3) is 3.53. The molecule has 2 aromatic carbocycles. The molecule has 0 aliphatic carbocycles. The molecule has 25 heavy (non-hydrogen) atoms. The van der Waals surface area contributed by atoms with E-state index in [-0.39, 0.29) is 5.91 Å². The van der Waals surface area contributed by atoms with Gasteiger partial charge in [0.25, 0.3) is 0 Å². The monoisotopic (exact) mass is 332 g/mol. The van der Waals surface area contributed by atoms with Gasteiger partial charge in [-0.3, -0.25) is 9.78 Å². The van der Waals surface area contributed by atoms with Crippen LogP contribution in [-0.4, -0.2) is 37.0 Å². The van der Waals surface area contributed by atoms with E-state index in [9.17, 15) is 4.79 Å². The Bertz CT molecular complexity index is 946. The molecule has 126 valence electrons. The quantitative estimate of drug-likeness (QED) is 0.678. The molecule has 0 unspecified atom stereocenters. The average Bonchev–Trinajstić information content (AvgIpc) is 2.65. The van der Waals surface area contributed by atoms with Gasteiger partial charge in [0, 0.05) is 42.9 Å². The van der Waals surface area contributed by atoms with Crippen molar-refractivity contribution in [3.05, 3.63) is 66.4 Å². The van der Waals surface area contributed by atoms with Crippen LogP contribution in [0.4, 0.5) is 0 Å². The number of hydrogen-bond donors (Lipinski definition) is 0. The van der Waals surface area contributed by atoms with E-state index in [1.807, 2.05) is 60.8 Å². The number of amides is 1. The van der Waals surface area contributed by atoms with Crippen molar-refractivity contribution >= 4 is 22.8 Å². The molecule has 0 aliphatic heterocycles. The van der Waals surface area contributed by atoms with E-state index < -0.39 is 0 Å². The highest BCUT2D eigenvalue weighted by Gasteiger charge is 2.10. The summed E-state index contributed by atoms with van der Waals surface area (Å²) in [6.45, 7) is 0. The molecule has 0 fully saturated rings. The van der Waals surface area contributed by atoms with Gasteiger partial charge in [-0.2, -0.15) is 0 Å². The maximum atomic E-state index is 12.0. The molecule has 1 heterocycles. The van der Waals surface area contributed by atoms with Gasteiger partial charge in [0.05, 0.1) is 12.8 Å². The summed E-state index contributed by atoms with van der Waals surface area (Å²) in [4.78, 5) is 18.2. The van der Waals surface area contributed by atoms with Crippen molar-refractivity contribution in [3.8, 4) is 17.0 Å². The molecular weight excluding hydrogens is 312 g/mol. The molecule has 0 saturated carbocycles. The minimum atomic E-state index is -0.0653. The normalized spacial score (nSPS) is 11.0. The summed E-state index contributed by atoms with van der Waals surface area (Å²) >= 11 is 0. The molecule has 0 spiro atoms. The Hall–Kier alpha value is -3.14. The molecule has 0 atom stereocenters. The molecule has 1 amide bonds. The van der Waals surface area contributed by atoms with Crippen LogP contribution in [0.1, 0.15) is 5.56 Å². The smallest absolute Gasteiger partial charge is 0.246 e. The maximum absolute atomic E-state index is 12.0. The molecule has 0 N–H and O–H groups in total. The summed E-state index contributed by atoms with van der Waals surface area (Å²) in [5.74, 6) is 0.705. The average molecular weight is 332 g/mol. The lowest BCUT2D eigenvalue weighted by Gasteiger charge is -2.11. The number of ether oxygens (including phenoxy) is 1. The molecular formula is C21H20N2O2. The highest BCUT2D eigenvalue weighted by atomic mass is 16.5. The number of likely N-dealkylation sites (N-methyl/N-ethyl adjacent to an activating group) is 1. The second-order valence-electron chi connectivity index (χ2n) is 5.91. The Labute approximate surface area is 147 Å². The first-order valence-electron chi connectivity index (χ1n) is 8.01. The molecule has 0 aliphatic rings. The van der Waals surface area contributed by atoms with Crippen LogP contribution in [0, 0.1) is 0 Å². The molecule has 4 heteroatoms. The third-order valence-corrected chi connectivity index (χ3v) is 4.02. The fraction of sp³-hybridized carbons (Fsp3) is 0.143. The van der Waals surface area contributed by atoms with Crippen LogP contribution in [0.2, 0.25) is 0 Å². The molecule has 1 aromatic heterocycles. The van der Waals surface area contributed by atoms with Crippen LogP contribution < -0.4 is 4.74 Å². The number of methoxy groups -OCH3 is 1. The largest absolute Gasteiger partial charge is 0.497 e. The zero-order chi connectivity index (χ0) is 17.8. The lowest BCUT2D eigenvalue weighted by molar-refractivity contribution is -0.123. The number of pyridine rings is 1. The lowest BCUT2D eigenvalue weighted by Crippen LogP contribution is -2.18. The SMILES string of the molecule is COc1cccc(-c2ncc3ccccc3c2/C=C/C(=O)N(C)C)c1. The number of nitrogens with zero attached hydrogens (tertiary/aromatic N) is 2. The number of carbonyl (C=O) groups excluding carboxylic acids is 1. The van der Waals surface area contributed by atoms with Crippen LogP contribution in [0.25, 0.3) is 28.1 Å². The topological polar surface area (TPSA) is 42.4 Å². The predicted molar refractivity (Wildman–Crippen MR) is 101 cm³/mol. The Morgan fingerprint density at radius 2 is 1.92 bits per heavy atom. The van der Waals surface area contributed by atoms with Crippen LogP contribution in [0.15, 0.2) is 60.8 Å². The fourth-order valence-electron chi connectivity index (χ4n) is 2.66. The molecule has 3 rings (SSSR count). The Morgan fingerprint density at radius 3 is 2.68 bits per heavy atom. The Morgan fingerprint density at radius 1 is 1.12 bits per heavy atom. The van der Waals surface area contributed by atoms with Gasteiger partial charge in [0.1, 0.15) is 5.75 Å². The van der Waals surface area contributed by atoms with Crippen LogP contribution in [0.5, 0.6) is 5.75 Å². The fourth-order valence-corrected chi connectivity index (χ4v) is 2.66. The van der Waals surface area contributed by atoms with Crippen molar-refractivity contribution in [1.29, 1.82) is 0 Å². The Kier molecular flexibility index (Phi) is 4.80. The highest BCUT2D eigenvalue weighted by molar-refractivity contribution is 5.99. The summed E-state index contributed by atoms with van der Waals surface area (Å²) in [6, 6.07) is 15.8. The summed E-state index contributed by atoms with van der Waals surface area (Å²) in [5.41, 5.74) is 2.68. The van der Waals surface area contributed by atoms with Gasteiger partial charge in [-0.1, -0.05) is 36.4 Å². The summed E-state index contributed by atoms with van der Waals surface area (Å²) in [6.07, 6.45) is 5.27. The molecule has 0 bridgehead atoms. The van der Waals surface area contributed by atoms with E-state index in [2.05, 4.69) is 4.98 Å². The van der Waals surface area contributed by atoms with Crippen molar-refractivity contribution in [3.63, 3.8) is 0 Å². The molecule has 3 aromatic rings. The van der Waals surface area contributed by atoms with Gasteiger partial charge in [-0.25, -0.2) is 0 Å². The summed E-state index contributed by atoms with van der Waals surface area (Å²) < 4.78 is 5.33. The lowest BCUT2D eigenvalue weighted by atomic mass is 9.99. The Balaban J connectivity index is 2.20. The number of hydrogen-bond acceptors (Lipinski definition) is 3. The second-order valence-corrected chi connectivity index (χ2v) is 5.91. The molecule has 0 radical (unpaired) electrons. The van der Waals surface area contributed by atoms with Crippen molar-refractivity contribution in [2.75, 3.05) is 21.2 Å². The third-order valence-electron chi connectivity index (χ3n) is 4.02. The van der Waals surface area contributed by atoms with Crippen molar-refractivity contribution in [2.45, 2.75) is 0 Å². The van der Waals surface area contributed by atoms with E-state index >= 15 is 0 Å². The van der Waals surface area contributed by atoms with Gasteiger partial charge in [-0.15, -0.1) is 0 Å². The van der Waals surface area contributed by atoms with Gasteiger partial charge in [0.2, 0.25) is 5.91 Å². The minimum absolute atomic E-state index is 0.0653. The number of carbonyl (C=O) groups is 1. The number of fused-ring (bicyclic) bond motifs is 1. The minimum Gasteiger partial charge on any atom is -0.497 e. The predicted octanol–water partition coefficient (Wildman–Crippen LogP) is 4.01. The first-order valence-corrected chi connectivity index (χ1v) is 8.01. The first-order chi connectivity index (χ1) is 12.1. The van der Waals surface area contributed by atoms with Crippen molar-refractivity contribution in [2.24, 2.45) is 0 Å².